The third kappa shape index (κ3) is 3.50. The van der Waals surface area contributed by atoms with Crippen LogP contribution in [-0.2, 0) is 9.84 Å². The Balaban J connectivity index is 2.39. The quantitative estimate of drug-likeness (QED) is 0.671. The van der Waals surface area contributed by atoms with Gasteiger partial charge in [0.2, 0.25) is 0 Å². The van der Waals surface area contributed by atoms with Crippen LogP contribution in [0.25, 0.3) is 0 Å². The fourth-order valence-corrected chi connectivity index (χ4v) is 2.87. The van der Waals surface area contributed by atoms with E-state index in [0.717, 1.165) is 11.1 Å². The monoisotopic (exact) mass is 304 g/mol. The normalized spacial score (nSPS) is 13.1. The van der Waals surface area contributed by atoms with Gasteiger partial charge in [0, 0.05) is 6.26 Å². The van der Waals surface area contributed by atoms with Crippen LogP contribution in [0.4, 0.5) is 0 Å². The first-order chi connectivity index (χ1) is 9.82. The number of hydrazine groups is 1. The number of sulfone groups is 1. The van der Waals surface area contributed by atoms with Crippen molar-refractivity contribution >= 4 is 9.84 Å². The minimum atomic E-state index is -3.18. The summed E-state index contributed by atoms with van der Waals surface area (Å²) in [6, 6.07) is 12.8. The van der Waals surface area contributed by atoms with Crippen LogP contribution >= 0.6 is 0 Å². The van der Waals surface area contributed by atoms with Crippen molar-refractivity contribution in [1.82, 2.24) is 5.43 Å². The standard InChI is InChI=1S/C16H20N2O2S/c1-11-4-5-14(10-12(11)2)16(18-17)13-6-8-15(9-7-13)21(3,19)20/h4-10,16,18H,17H2,1-3H3. The highest BCUT2D eigenvalue weighted by atomic mass is 32.2. The molecule has 2 aromatic rings. The summed E-state index contributed by atoms with van der Waals surface area (Å²) in [4.78, 5) is 0.308. The summed E-state index contributed by atoms with van der Waals surface area (Å²) in [6.45, 7) is 4.12. The molecule has 3 N–H and O–H groups in total. The fourth-order valence-electron chi connectivity index (χ4n) is 2.24. The molecule has 5 heteroatoms. The van der Waals surface area contributed by atoms with Crippen molar-refractivity contribution in [3.8, 4) is 0 Å². The molecule has 0 radical (unpaired) electrons. The Bertz CT molecular complexity index is 737. The molecule has 0 aromatic heterocycles. The van der Waals surface area contributed by atoms with Crippen molar-refractivity contribution in [3.05, 3.63) is 64.7 Å². The van der Waals surface area contributed by atoms with Gasteiger partial charge < -0.3 is 0 Å². The Labute approximate surface area is 125 Å². The molecule has 0 heterocycles. The summed E-state index contributed by atoms with van der Waals surface area (Å²) < 4.78 is 23.0. The fraction of sp³-hybridized carbons (Fsp3) is 0.250. The van der Waals surface area contributed by atoms with Crippen molar-refractivity contribution in [2.75, 3.05) is 6.26 Å². The van der Waals surface area contributed by atoms with Gasteiger partial charge in [-0.3, -0.25) is 5.84 Å². The molecular weight excluding hydrogens is 284 g/mol. The molecule has 112 valence electrons. The Morgan fingerprint density at radius 2 is 1.52 bits per heavy atom. The summed E-state index contributed by atoms with van der Waals surface area (Å²) in [6.07, 6.45) is 1.20. The zero-order valence-corrected chi connectivity index (χ0v) is 13.2. The maximum Gasteiger partial charge on any atom is 0.175 e. The van der Waals surface area contributed by atoms with E-state index in [1.165, 1.54) is 17.4 Å². The summed E-state index contributed by atoms with van der Waals surface area (Å²) >= 11 is 0. The van der Waals surface area contributed by atoms with Crippen molar-refractivity contribution < 1.29 is 8.42 Å². The Kier molecular flexibility index (Phi) is 4.46. The number of nitrogens with one attached hydrogen (secondary N) is 1. The third-order valence-corrected chi connectivity index (χ3v) is 4.80. The van der Waals surface area contributed by atoms with Crippen LogP contribution in [0.15, 0.2) is 47.4 Å². The van der Waals surface area contributed by atoms with E-state index in [1.54, 1.807) is 24.3 Å². The van der Waals surface area contributed by atoms with Gasteiger partial charge in [0.15, 0.2) is 9.84 Å². The van der Waals surface area contributed by atoms with Gasteiger partial charge in [-0.05, 0) is 48.2 Å². The second-order valence-corrected chi connectivity index (χ2v) is 7.30. The molecule has 0 spiro atoms. The van der Waals surface area contributed by atoms with Crippen LogP contribution in [0.5, 0.6) is 0 Å². The molecule has 1 atom stereocenters. The van der Waals surface area contributed by atoms with Crippen LogP contribution in [0.2, 0.25) is 0 Å². The molecule has 2 rings (SSSR count). The van der Waals surface area contributed by atoms with Crippen molar-refractivity contribution in [2.45, 2.75) is 24.8 Å². The van der Waals surface area contributed by atoms with Crippen LogP contribution in [0.3, 0.4) is 0 Å². The van der Waals surface area contributed by atoms with Crippen molar-refractivity contribution in [1.29, 1.82) is 0 Å². The number of aryl methyl sites for hydroxylation is 2. The molecule has 0 fully saturated rings. The van der Waals surface area contributed by atoms with E-state index in [2.05, 4.69) is 31.4 Å². The highest BCUT2D eigenvalue weighted by molar-refractivity contribution is 7.90. The lowest BCUT2D eigenvalue weighted by Gasteiger charge is -2.18. The molecule has 0 aliphatic carbocycles. The molecule has 0 aliphatic heterocycles. The number of hydrogen-bond donors (Lipinski definition) is 2. The number of hydrogen-bond acceptors (Lipinski definition) is 4. The van der Waals surface area contributed by atoms with Gasteiger partial charge in [0.25, 0.3) is 0 Å². The lowest BCUT2D eigenvalue weighted by atomic mass is 9.96. The number of nitrogens with two attached hydrogens (primary N) is 1. The minimum absolute atomic E-state index is 0.169. The van der Waals surface area contributed by atoms with E-state index in [9.17, 15) is 8.42 Å². The van der Waals surface area contributed by atoms with E-state index >= 15 is 0 Å². The Morgan fingerprint density at radius 3 is 2.00 bits per heavy atom. The molecule has 0 aliphatic rings. The zero-order valence-electron chi connectivity index (χ0n) is 12.4. The predicted octanol–water partition coefficient (Wildman–Crippen LogP) is 2.26. The van der Waals surface area contributed by atoms with Gasteiger partial charge in [-0.25, -0.2) is 13.8 Å². The minimum Gasteiger partial charge on any atom is -0.271 e. The Morgan fingerprint density at radius 1 is 0.952 bits per heavy atom. The van der Waals surface area contributed by atoms with Gasteiger partial charge in [-0.2, -0.15) is 0 Å². The first kappa shape index (κ1) is 15.7. The van der Waals surface area contributed by atoms with Gasteiger partial charge in [-0.1, -0.05) is 30.3 Å². The summed E-state index contributed by atoms with van der Waals surface area (Å²) in [5, 5.41) is 0. The van der Waals surface area contributed by atoms with Gasteiger partial charge in [-0.15, -0.1) is 0 Å². The highest BCUT2D eigenvalue weighted by Crippen LogP contribution is 2.24. The lowest BCUT2D eigenvalue weighted by Crippen LogP contribution is -2.28. The molecule has 1 unspecified atom stereocenters. The highest BCUT2D eigenvalue weighted by Gasteiger charge is 2.14. The molecular formula is C16H20N2O2S. The molecule has 0 saturated carbocycles. The lowest BCUT2D eigenvalue weighted by molar-refractivity contribution is 0.601. The Hall–Kier alpha value is -1.69. The zero-order chi connectivity index (χ0) is 15.6. The molecule has 21 heavy (non-hydrogen) atoms. The average Bonchev–Trinajstić information content (AvgIpc) is 2.43. The second kappa shape index (κ2) is 5.97. The van der Waals surface area contributed by atoms with Crippen molar-refractivity contribution in [2.24, 2.45) is 5.84 Å². The SMILES string of the molecule is Cc1ccc(C(NN)c2ccc(S(C)(=O)=O)cc2)cc1C. The van der Waals surface area contributed by atoms with E-state index in [4.69, 9.17) is 5.84 Å². The number of benzene rings is 2. The topological polar surface area (TPSA) is 72.2 Å². The molecule has 2 aromatic carbocycles. The number of rotatable bonds is 4. The van der Waals surface area contributed by atoms with Gasteiger partial charge in [0.1, 0.15) is 0 Å². The second-order valence-electron chi connectivity index (χ2n) is 5.28. The van der Waals surface area contributed by atoms with Crippen LogP contribution in [0.1, 0.15) is 28.3 Å². The maximum absolute atomic E-state index is 11.5. The van der Waals surface area contributed by atoms with E-state index in [1.807, 2.05) is 6.07 Å². The third-order valence-electron chi connectivity index (χ3n) is 3.67. The first-order valence-corrected chi connectivity index (χ1v) is 8.55. The van der Waals surface area contributed by atoms with Crippen LogP contribution in [0, 0.1) is 13.8 Å². The van der Waals surface area contributed by atoms with Crippen molar-refractivity contribution in [3.63, 3.8) is 0 Å². The van der Waals surface area contributed by atoms with Gasteiger partial charge in [0.05, 0.1) is 10.9 Å². The predicted molar refractivity (Wildman–Crippen MR) is 84.6 cm³/mol. The molecule has 4 nitrogen and oxygen atoms in total. The maximum atomic E-state index is 11.5. The summed E-state index contributed by atoms with van der Waals surface area (Å²) in [7, 11) is -3.18. The van der Waals surface area contributed by atoms with Gasteiger partial charge >= 0.3 is 0 Å². The van der Waals surface area contributed by atoms with E-state index in [-0.39, 0.29) is 6.04 Å². The molecule has 0 saturated heterocycles. The summed E-state index contributed by atoms with van der Waals surface area (Å²) in [5.74, 6) is 5.68. The molecule has 0 amide bonds. The van der Waals surface area contributed by atoms with Crippen LogP contribution < -0.4 is 11.3 Å². The summed E-state index contributed by atoms with van der Waals surface area (Å²) in [5.41, 5.74) is 7.18. The van der Waals surface area contributed by atoms with Crippen LogP contribution in [-0.4, -0.2) is 14.7 Å². The smallest absolute Gasteiger partial charge is 0.175 e. The average molecular weight is 304 g/mol. The first-order valence-electron chi connectivity index (χ1n) is 6.66. The van der Waals surface area contributed by atoms with E-state index < -0.39 is 9.84 Å². The largest absolute Gasteiger partial charge is 0.271 e. The molecule has 0 bridgehead atoms. The van der Waals surface area contributed by atoms with E-state index in [0.29, 0.717) is 4.90 Å².